The number of nitrogens with two attached hydrogens (primary N) is 1. The van der Waals surface area contributed by atoms with E-state index in [0.717, 1.165) is 22.6 Å². The van der Waals surface area contributed by atoms with Crippen molar-refractivity contribution in [1.82, 2.24) is 4.72 Å². The zero-order valence-electron chi connectivity index (χ0n) is 17.2. The molecule has 0 spiro atoms. The van der Waals surface area contributed by atoms with E-state index in [9.17, 15) is 4.79 Å². The molecule has 0 aliphatic carbocycles. The summed E-state index contributed by atoms with van der Waals surface area (Å²) in [6.07, 6.45) is 0. The molecule has 0 amide bonds. The Balaban J connectivity index is 1.64. The lowest BCUT2D eigenvalue weighted by molar-refractivity contribution is 0.101. The second-order valence-electron chi connectivity index (χ2n) is 7.03. The van der Waals surface area contributed by atoms with Crippen LogP contribution in [0.1, 0.15) is 16.1 Å². The number of halogens is 2. The highest BCUT2D eigenvalue weighted by Crippen LogP contribution is 2.35. The van der Waals surface area contributed by atoms with Crippen molar-refractivity contribution in [1.29, 1.82) is 0 Å². The second-order valence-corrected chi connectivity index (χ2v) is 8.83. The third-order valence-corrected chi connectivity index (χ3v) is 6.26. The van der Waals surface area contributed by atoms with E-state index in [-0.39, 0.29) is 27.8 Å². The van der Waals surface area contributed by atoms with Crippen LogP contribution in [0.25, 0.3) is 22.1 Å². The minimum absolute atomic E-state index is 0.0630. The largest absolute Gasteiger partial charge is 0.450 e. The number of hydrogen-bond donors (Lipinski definition) is 2. The summed E-state index contributed by atoms with van der Waals surface area (Å²) < 4.78 is 14.2. The number of nitrogens with one attached hydrogen (secondary N) is 1. The molecule has 0 fully saturated rings. The summed E-state index contributed by atoms with van der Waals surface area (Å²) in [6, 6.07) is 18.5. The maximum Gasteiger partial charge on any atom is 0.231 e. The lowest BCUT2D eigenvalue weighted by Gasteiger charge is -2.06. The number of furan rings is 1. The van der Waals surface area contributed by atoms with Crippen molar-refractivity contribution in [3.05, 3.63) is 82.0 Å². The van der Waals surface area contributed by atoms with Gasteiger partial charge in [-0.3, -0.25) is 9.52 Å². The molecule has 0 radical (unpaired) electrons. The van der Waals surface area contributed by atoms with Crippen LogP contribution in [-0.4, -0.2) is 26.0 Å². The number of benzene rings is 3. The summed E-state index contributed by atoms with van der Waals surface area (Å²) in [5.74, 6) is -0.324. The number of ether oxygens (including phenoxy) is 1. The molecule has 1 heterocycles. The van der Waals surface area contributed by atoms with Crippen LogP contribution in [0.4, 0.5) is 5.69 Å². The number of carbonyl (C=O) groups is 1. The van der Waals surface area contributed by atoms with E-state index in [4.69, 9.17) is 38.1 Å². The minimum atomic E-state index is -0.387. The van der Waals surface area contributed by atoms with Crippen molar-refractivity contribution in [2.45, 2.75) is 4.90 Å². The van der Waals surface area contributed by atoms with Gasteiger partial charge in [-0.1, -0.05) is 41.4 Å². The van der Waals surface area contributed by atoms with Gasteiger partial charge in [0.05, 0.1) is 17.3 Å². The molecular formula is C24H20Cl2N2O3S. The summed E-state index contributed by atoms with van der Waals surface area (Å²) >= 11 is 13.7. The smallest absolute Gasteiger partial charge is 0.231 e. The Morgan fingerprint density at radius 1 is 1.09 bits per heavy atom. The molecule has 5 nitrogen and oxygen atoms in total. The molecule has 4 rings (SSSR count). The highest BCUT2D eigenvalue weighted by atomic mass is 35.5. The Hall–Kier alpha value is -2.48. The minimum Gasteiger partial charge on any atom is -0.450 e. The van der Waals surface area contributed by atoms with Crippen LogP contribution in [0.2, 0.25) is 10.0 Å². The third-order valence-electron chi connectivity index (χ3n) is 4.88. The van der Waals surface area contributed by atoms with Gasteiger partial charge in [0.15, 0.2) is 5.76 Å². The Labute approximate surface area is 200 Å². The maximum atomic E-state index is 13.0. The van der Waals surface area contributed by atoms with Gasteiger partial charge in [0, 0.05) is 34.5 Å². The van der Waals surface area contributed by atoms with E-state index in [0.29, 0.717) is 22.6 Å². The fourth-order valence-corrected chi connectivity index (χ4v) is 4.46. The van der Waals surface area contributed by atoms with Gasteiger partial charge < -0.3 is 14.9 Å². The van der Waals surface area contributed by atoms with Crippen LogP contribution in [-0.2, 0) is 4.74 Å². The van der Waals surface area contributed by atoms with Gasteiger partial charge >= 0.3 is 0 Å². The lowest BCUT2D eigenvalue weighted by atomic mass is 10.0. The van der Waals surface area contributed by atoms with Crippen LogP contribution in [0.3, 0.4) is 0 Å². The third kappa shape index (κ3) is 4.80. The first kappa shape index (κ1) is 22.7. The van der Waals surface area contributed by atoms with Gasteiger partial charge in [-0.15, -0.1) is 0 Å². The number of rotatable bonds is 8. The molecule has 8 heteroatoms. The quantitative estimate of drug-likeness (QED) is 0.169. The van der Waals surface area contributed by atoms with Crippen molar-refractivity contribution in [3.8, 4) is 11.1 Å². The van der Waals surface area contributed by atoms with E-state index >= 15 is 0 Å². The van der Waals surface area contributed by atoms with Crippen LogP contribution in [0.15, 0.2) is 70.0 Å². The summed E-state index contributed by atoms with van der Waals surface area (Å²) in [5, 5.41) is 1.37. The fourth-order valence-electron chi connectivity index (χ4n) is 3.28. The van der Waals surface area contributed by atoms with Gasteiger partial charge in [-0.25, -0.2) is 0 Å². The van der Waals surface area contributed by atoms with Crippen LogP contribution in [0.5, 0.6) is 0 Å². The second kappa shape index (κ2) is 9.98. The van der Waals surface area contributed by atoms with Gasteiger partial charge in [0.1, 0.15) is 5.58 Å². The zero-order chi connectivity index (χ0) is 22.7. The molecule has 164 valence electrons. The molecule has 1 aromatic heterocycles. The van der Waals surface area contributed by atoms with Gasteiger partial charge in [0.2, 0.25) is 5.78 Å². The monoisotopic (exact) mass is 486 g/mol. The van der Waals surface area contributed by atoms with Crippen molar-refractivity contribution in [2.75, 3.05) is 26.0 Å². The van der Waals surface area contributed by atoms with Crippen LogP contribution < -0.4 is 10.5 Å². The van der Waals surface area contributed by atoms with Crippen molar-refractivity contribution >= 4 is 57.6 Å². The SMILES string of the molecule is COCCNSc1cccc(-c2ccc3c(N)c(C(=O)c4ccc(Cl)cc4Cl)oc3c2)c1. The molecule has 3 N–H and O–H groups in total. The fraction of sp³-hybridized carbons (Fsp3) is 0.125. The zero-order valence-corrected chi connectivity index (χ0v) is 19.5. The van der Waals surface area contributed by atoms with Gasteiger partial charge in [-0.05, 0) is 65.5 Å². The Kier molecular flexibility index (Phi) is 7.08. The standard InChI is InChI=1S/C24H20Cl2N2O3S/c1-30-10-9-28-32-17-4-2-3-14(11-17)15-5-7-19-21(12-15)31-24(22(19)27)23(29)18-8-6-16(25)13-20(18)26/h2-8,11-13,28H,9-10,27H2,1H3. The maximum absolute atomic E-state index is 13.0. The average Bonchev–Trinajstić information content (AvgIpc) is 3.12. The summed E-state index contributed by atoms with van der Waals surface area (Å²) in [6.45, 7) is 1.39. The highest BCUT2D eigenvalue weighted by Gasteiger charge is 2.22. The van der Waals surface area contributed by atoms with E-state index < -0.39 is 0 Å². The number of methoxy groups -OCH3 is 1. The Morgan fingerprint density at radius 2 is 1.91 bits per heavy atom. The number of hydrogen-bond acceptors (Lipinski definition) is 6. The number of fused-ring (bicyclic) bond motifs is 1. The summed E-state index contributed by atoms with van der Waals surface area (Å²) in [4.78, 5) is 14.1. The van der Waals surface area contributed by atoms with E-state index in [1.165, 1.54) is 6.07 Å². The van der Waals surface area contributed by atoms with Crippen LogP contribution in [0, 0.1) is 0 Å². The normalized spacial score (nSPS) is 11.2. The first-order valence-corrected chi connectivity index (χ1v) is 11.4. The summed E-state index contributed by atoms with van der Waals surface area (Å²) in [5.41, 5.74) is 9.32. The highest BCUT2D eigenvalue weighted by molar-refractivity contribution is 7.97. The van der Waals surface area contributed by atoms with E-state index in [1.807, 2.05) is 36.4 Å². The first-order valence-electron chi connectivity index (χ1n) is 9.79. The molecule has 0 bridgehead atoms. The van der Waals surface area contributed by atoms with Crippen molar-refractivity contribution in [2.24, 2.45) is 0 Å². The average molecular weight is 487 g/mol. The number of nitrogen functional groups attached to an aromatic ring is 1. The number of ketones is 1. The Bertz CT molecular complexity index is 1290. The Morgan fingerprint density at radius 3 is 2.69 bits per heavy atom. The molecule has 0 aliphatic rings. The number of carbonyl (C=O) groups excluding carboxylic acids is 1. The number of anilines is 1. The molecule has 0 saturated carbocycles. The molecule has 0 unspecified atom stereocenters. The molecule has 0 atom stereocenters. The molecule has 4 aromatic rings. The van der Waals surface area contributed by atoms with Crippen molar-refractivity contribution < 1.29 is 13.9 Å². The first-order chi connectivity index (χ1) is 15.5. The predicted octanol–water partition coefficient (Wildman–Crippen LogP) is 6.46. The molecule has 3 aromatic carbocycles. The molecular weight excluding hydrogens is 467 g/mol. The molecule has 0 saturated heterocycles. The van der Waals surface area contributed by atoms with E-state index in [2.05, 4.69) is 10.8 Å². The lowest BCUT2D eigenvalue weighted by Crippen LogP contribution is -2.10. The van der Waals surface area contributed by atoms with Gasteiger partial charge in [0.25, 0.3) is 0 Å². The van der Waals surface area contributed by atoms with Crippen molar-refractivity contribution in [3.63, 3.8) is 0 Å². The summed E-state index contributed by atoms with van der Waals surface area (Å²) in [7, 11) is 1.67. The van der Waals surface area contributed by atoms with Gasteiger partial charge in [-0.2, -0.15) is 0 Å². The predicted molar refractivity (Wildman–Crippen MR) is 132 cm³/mol. The molecule has 0 aliphatic heterocycles. The molecule has 32 heavy (non-hydrogen) atoms. The van der Waals surface area contributed by atoms with E-state index in [1.54, 1.807) is 31.2 Å². The van der Waals surface area contributed by atoms with Crippen LogP contribution >= 0.6 is 35.1 Å². The topological polar surface area (TPSA) is 77.5 Å².